The van der Waals surface area contributed by atoms with Gasteiger partial charge in [0.25, 0.3) is 5.56 Å². The highest BCUT2D eigenvalue weighted by Crippen LogP contribution is 2.37. The van der Waals surface area contributed by atoms with E-state index in [1.165, 1.54) is 22.3 Å². The molecule has 0 fully saturated rings. The van der Waals surface area contributed by atoms with Gasteiger partial charge in [0, 0.05) is 18.7 Å². The molecule has 3 aromatic carbocycles. The quantitative estimate of drug-likeness (QED) is 0.240. The molecule has 1 amide bonds. The highest BCUT2D eigenvalue weighted by molar-refractivity contribution is 7.71. The summed E-state index contributed by atoms with van der Waals surface area (Å²) < 4.78 is 2.05. The fourth-order valence-corrected chi connectivity index (χ4v) is 4.86. The Morgan fingerprint density at radius 2 is 1.73 bits per heavy atom. The minimum atomic E-state index is -0.0640. The van der Waals surface area contributed by atoms with Crippen LogP contribution in [0.5, 0.6) is 0 Å². The van der Waals surface area contributed by atoms with Crippen LogP contribution < -0.4 is 10.9 Å². The van der Waals surface area contributed by atoms with Gasteiger partial charge in [-0.3, -0.25) is 14.2 Å². The highest BCUT2D eigenvalue weighted by atomic mass is 32.1. The average Bonchev–Trinajstić information content (AvgIpc) is 3.18. The molecule has 0 saturated carbocycles. The summed E-state index contributed by atoms with van der Waals surface area (Å²) >= 11 is 5.36. The van der Waals surface area contributed by atoms with E-state index < -0.39 is 0 Å². The molecular formula is C27H25N3O2S. The Labute approximate surface area is 197 Å². The van der Waals surface area contributed by atoms with Crippen molar-refractivity contribution in [3.05, 3.63) is 93.0 Å². The number of fused-ring (bicyclic) bond motifs is 4. The van der Waals surface area contributed by atoms with Crippen LogP contribution in [0.3, 0.4) is 0 Å². The molecule has 0 spiro atoms. The second-order valence-corrected chi connectivity index (χ2v) is 8.88. The minimum absolute atomic E-state index is 0.0191. The van der Waals surface area contributed by atoms with Gasteiger partial charge in [0.2, 0.25) is 5.91 Å². The van der Waals surface area contributed by atoms with Crippen LogP contribution in [0.15, 0.2) is 71.5 Å². The van der Waals surface area contributed by atoms with Crippen LogP contribution in [0.2, 0.25) is 0 Å². The first-order chi connectivity index (χ1) is 16.1. The molecule has 5 nitrogen and oxygen atoms in total. The van der Waals surface area contributed by atoms with Crippen LogP contribution in [0.25, 0.3) is 22.0 Å². The third-order valence-corrected chi connectivity index (χ3v) is 6.57. The molecule has 5 rings (SSSR count). The molecule has 6 heteroatoms. The second kappa shape index (κ2) is 9.16. The van der Waals surface area contributed by atoms with E-state index in [2.05, 4.69) is 46.7 Å². The predicted octanol–water partition coefficient (Wildman–Crippen LogP) is 5.83. The lowest BCUT2D eigenvalue weighted by molar-refractivity contribution is -0.116. The van der Waals surface area contributed by atoms with Crippen LogP contribution in [0.4, 0.5) is 5.69 Å². The number of benzene rings is 3. The van der Waals surface area contributed by atoms with E-state index in [1.807, 2.05) is 24.3 Å². The molecule has 1 aliphatic carbocycles. The summed E-state index contributed by atoms with van der Waals surface area (Å²) in [5.41, 5.74) is 6.68. The fourth-order valence-electron chi connectivity index (χ4n) is 4.58. The molecule has 4 aromatic rings. The van der Waals surface area contributed by atoms with E-state index in [1.54, 1.807) is 10.6 Å². The van der Waals surface area contributed by atoms with Crippen molar-refractivity contribution in [3.63, 3.8) is 0 Å². The molecule has 2 N–H and O–H groups in total. The normalized spacial score (nSPS) is 11.9. The lowest BCUT2D eigenvalue weighted by Crippen LogP contribution is -2.22. The molecule has 1 heterocycles. The summed E-state index contributed by atoms with van der Waals surface area (Å²) in [6.07, 6.45) is 3.77. The average molecular weight is 456 g/mol. The monoisotopic (exact) mass is 455 g/mol. The Morgan fingerprint density at radius 3 is 2.64 bits per heavy atom. The van der Waals surface area contributed by atoms with Crippen molar-refractivity contribution in [2.75, 3.05) is 5.32 Å². The van der Waals surface area contributed by atoms with Crippen LogP contribution in [-0.2, 0) is 17.8 Å². The molecule has 166 valence electrons. The number of rotatable bonds is 7. The maximum absolute atomic E-state index is 12.7. The molecule has 0 radical (unpaired) electrons. The minimum Gasteiger partial charge on any atom is -0.332 e. The summed E-state index contributed by atoms with van der Waals surface area (Å²) in [5, 5.41) is 3.67. The predicted molar refractivity (Wildman–Crippen MR) is 135 cm³/mol. The zero-order valence-corrected chi connectivity index (χ0v) is 19.1. The molecule has 0 atom stereocenters. The van der Waals surface area contributed by atoms with Gasteiger partial charge >= 0.3 is 0 Å². The van der Waals surface area contributed by atoms with Crippen LogP contribution in [-0.4, -0.2) is 15.5 Å². The van der Waals surface area contributed by atoms with Crippen molar-refractivity contribution in [2.24, 2.45) is 0 Å². The van der Waals surface area contributed by atoms with Crippen molar-refractivity contribution < 1.29 is 4.79 Å². The first-order valence-electron chi connectivity index (χ1n) is 11.3. The first kappa shape index (κ1) is 21.3. The van der Waals surface area contributed by atoms with Gasteiger partial charge in [-0.05, 0) is 78.0 Å². The van der Waals surface area contributed by atoms with Crippen molar-refractivity contribution in [1.29, 1.82) is 0 Å². The lowest BCUT2D eigenvalue weighted by atomic mass is 10.1. The van der Waals surface area contributed by atoms with E-state index in [-0.39, 0.29) is 11.5 Å². The van der Waals surface area contributed by atoms with Crippen LogP contribution >= 0.6 is 12.2 Å². The maximum atomic E-state index is 12.7. The second-order valence-electron chi connectivity index (χ2n) is 8.50. The SMILES string of the molecule is O=C(CCCCCn1c(=S)[nH]c2ccccc2c1=O)Nc1ccc2c(c1)Cc1ccccc1-2. The summed E-state index contributed by atoms with van der Waals surface area (Å²) in [6, 6.07) is 22.0. The Morgan fingerprint density at radius 1 is 0.939 bits per heavy atom. The molecular weight excluding hydrogens is 430 g/mol. The number of carbonyl (C=O) groups excluding carboxylic acids is 1. The molecule has 0 unspecified atom stereocenters. The largest absolute Gasteiger partial charge is 0.332 e. The number of amides is 1. The number of anilines is 1. The smallest absolute Gasteiger partial charge is 0.262 e. The van der Waals surface area contributed by atoms with Gasteiger partial charge in [-0.15, -0.1) is 0 Å². The van der Waals surface area contributed by atoms with Crippen LogP contribution in [0, 0.1) is 4.77 Å². The van der Waals surface area contributed by atoms with Gasteiger partial charge in [-0.1, -0.05) is 48.9 Å². The number of para-hydroxylation sites is 1. The zero-order valence-electron chi connectivity index (χ0n) is 18.3. The van der Waals surface area contributed by atoms with E-state index in [0.717, 1.165) is 36.9 Å². The Balaban J connectivity index is 1.12. The number of H-pyrrole nitrogens is 1. The van der Waals surface area contributed by atoms with E-state index in [4.69, 9.17) is 12.2 Å². The van der Waals surface area contributed by atoms with Gasteiger partial charge < -0.3 is 10.3 Å². The summed E-state index contributed by atoms with van der Waals surface area (Å²) in [7, 11) is 0. The standard InChI is InChI=1S/C27H25N3O2S/c31-25(28-20-13-14-22-19(17-20)16-18-8-3-4-9-21(18)22)12-2-1-7-15-30-26(32)23-10-5-6-11-24(23)29-27(30)33/h3-6,8-11,13-14,17H,1-2,7,12,15-16H2,(H,28,31)(H,29,33). The maximum Gasteiger partial charge on any atom is 0.262 e. The van der Waals surface area contributed by atoms with Gasteiger partial charge in [0.05, 0.1) is 10.9 Å². The van der Waals surface area contributed by atoms with Crippen LogP contribution in [0.1, 0.15) is 36.8 Å². The molecule has 0 saturated heterocycles. The number of nitrogens with one attached hydrogen (secondary N) is 2. The number of carbonyl (C=O) groups is 1. The number of nitrogens with zero attached hydrogens (tertiary/aromatic N) is 1. The van der Waals surface area contributed by atoms with Gasteiger partial charge in [0.1, 0.15) is 0 Å². The number of aromatic nitrogens is 2. The lowest BCUT2D eigenvalue weighted by Gasteiger charge is -2.09. The van der Waals surface area contributed by atoms with Gasteiger partial charge in [-0.25, -0.2) is 0 Å². The molecule has 33 heavy (non-hydrogen) atoms. The fraction of sp³-hybridized carbons (Fsp3) is 0.222. The van der Waals surface area contributed by atoms with Crippen molar-refractivity contribution in [1.82, 2.24) is 9.55 Å². The Kier molecular flexibility index (Phi) is 5.92. The summed E-state index contributed by atoms with van der Waals surface area (Å²) in [5.74, 6) is 0.0191. The summed E-state index contributed by atoms with van der Waals surface area (Å²) in [4.78, 5) is 28.2. The Hall–Kier alpha value is -3.51. The van der Waals surface area contributed by atoms with Crippen molar-refractivity contribution in [2.45, 2.75) is 38.6 Å². The molecule has 1 aliphatic rings. The topological polar surface area (TPSA) is 66.9 Å². The summed E-state index contributed by atoms with van der Waals surface area (Å²) in [6.45, 7) is 0.548. The number of aromatic amines is 1. The molecule has 1 aromatic heterocycles. The van der Waals surface area contributed by atoms with Gasteiger partial charge in [-0.2, -0.15) is 0 Å². The van der Waals surface area contributed by atoms with E-state index >= 15 is 0 Å². The third-order valence-electron chi connectivity index (χ3n) is 6.25. The highest BCUT2D eigenvalue weighted by Gasteiger charge is 2.18. The first-order valence-corrected chi connectivity index (χ1v) is 11.7. The van der Waals surface area contributed by atoms with Crippen molar-refractivity contribution in [3.8, 4) is 11.1 Å². The molecule has 0 bridgehead atoms. The zero-order chi connectivity index (χ0) is 22.8. The number of hydrogen-bond donors (Lipinski definition) is 2. The van der Waals surface area contributed by atoms with E-state index in [0.29, 0.717) is 23.1 Å². The van der Waals surface area contributed by atoms with E-state index in [9.17, 15) is 9.59 Å². The number of unbranched alkanes of at least 4 members (excludes halogenated alkanes) is 2. The van der Waals surface area contributed by atoms with Gasteiger partial charge in [0.15, 0.2) is 4.77 Å². The van der Waals surface area contributed by atoms with Crippen molar-refractivity contribution >= 4 is 34.7 Å². The Bertz CT molecular complexity index is 1470. The number of hydrogen-bond acceptors (Lipinski definition) is 3. The third kappa shape index (κ3) is 4.39. The molecule has 0 aliphatic heterocycles.